The van der Waals surface area contributed by atoms with Gasteiger partial charge in [-0.3, -0.25) is 4.79 Å². The van der Waals surface area contributed by atoms with Gasteiger partial charge < -0.3 is 13.9 Å². The van der Waals surface area contributed by atoms with Gasteiger partial charge in [-0.15, -0.1) is 0 Å². The maximum atomic E-state index is 11.6. The van der Waals surface area contributed by atoms with Gasteiger partial charge in [0.05, 0.1) is 25.8 Å². The molecule has 2 rings (SSSR count). The molecule has 0 aliphatic carbocycles. The SMILES string of the molecule is CC1(CC(=O)N/N=C\c2ccc(I)o2)OCCO1. The molecule has 0 spiro atoms. The molecule has 0 unspecified atom stereocenters. The summed E-state index contributed by atoms with van der Waals surface area (Å²) in [5.74, 6) is -0.518. The number of nitrogens with zero attached hydrogens (tertiary/aromatic N) is 1. The summed E-state index contributed by atoms with van der Waals surface area (Å²) in [4.78, 5) is 11.6. The molecule has 7 heteroatoms. The Balaban J connectivity index is 1.79. The molecule has 1 aliphatic heterocycles. The summed E-state index contributed by atoms with van der Waals surface area (Å²) >= 11 is 2.05. The van der Waals surface area contributed by atoms with E-state index < -0.39 is 5.79 Å². The number of furan rings is 1. The van der Waals surface area contributed by atoms with E-state index in [4.69, 9.17) is 13.9 Å². The second-order valence-corrected chi connectivity index (χ2v) is 5.01. The van der Waals surface area contributed by atoms with Crippen LogP contribution >= 0.6 is 22.6 Å². The molecule has 0 bridgehead atoms. The Morgan fingerprint density at radius 2 is 2.28 bits per heavy atom. The first-order valence-corrected chi connectivity index (χ1v) is 6.50. The van der Waals surface area contributed by atoms with Crippen LogP contribution in [0, 0.1) is 3.77 Å². The van der Waals surface area contributed by atoms with Crippen LogP contribution in [0.25, 0.3) is 0 Å². The third-order valence-corrected chi connectivity index (χ3v) is 2.93. The highest BCUT2D eigenvalue weighted by molar-refractivity contribution is 14.1. The Hall–Kier alpha value is -0.930. The van der Waals surface area contributed by atoms with Crippen LogP contribution in [0.3, 0.4) is 0 Å². The van der Waals surface area contributed by atoms with Crippen LogP contribution in [0.1, 0.15) is 19.1 Å². The second-order valence-electron chi connectivity index (χ2n) is 3.94. The number of ether oxygens (including phenoxy) is 2. The molecule has 0 atom stereocenters. The van der Waals surface area contributed by atoms with Crippen molar-refractivity contribution >= 4 is 34.7 Å². The molecule has 6 nitrogen and oxygen atoms in total. The van der Waals surface area contributed by atoms with Gasteiger partial charge in [0.2, 0.25) is 5.91 Å². The van der Waals surface area contributed by atoms with Crippen molar-refractivity contribution in [2.24, 2.45) is 5.10 Å². The van der Waals surface area contributed by atoms with E-state index in [0.717, 1.165) is 3.77 Å². The molecule has 1 N–H and O–H groups in total. The minimum atomic E-state index is -0.834. The summed E-state index contributed by atoms with van der Waals surface area (Å²) in [5.41, 5.74) is 2.40. The maximum absolute atomic E-state index is 11.6. The smallest absolute Gasteiger partial charge is 0.245 e. The lowest BCUT2D eigenvalue weighted by Crippen LogP contribution is -2.33. The second kappa shape index (κ2) is 5.81. The third-order valence-electron chi connectivity index (χ3n) is 2.35. The predicted molar refractivity (Wildman–Crippen MR) is 72.1 cm³/mol. The lowest BCUT2D eigenvalue weighted by atomic mass is 10.2. The van der Waals surface area contributed by atoms with Gasteiger partial charge >= 0.3 is 0 Å². The number of rotatable bonds is 4. The summed E-state index contributed by atoms with van der Waals surface area (Å²) in [7, 11) is 0. The van der Waals surface area contributed by atoms with E-state index in [2.05, 4.69) is 33.1 Å². The van der Waals surface area contributed by atoms with Gasteiger partial charge in [0.25, 0.3) is 0 Å². The molecule has 1 aromatic rings. The highest BCUT2D eigenvalue weighted by Gasteiger charge is 2.33. The fraction of sp³-hybridized carbons (Fsp3) is 0.455. The Morgan fingerprint density at radius 3 is 2.89 bits per heavy atom. The molecule has 18 heavy (non-hydrogen) atoms. The average molecular weight is 364 g/mol. The molecule has 1 saturated heterocycles. The average Bonchev–Trinajstić information content (AvgIpc) is 2.88. The molecule has 0 radical (unpaired) electrons. The largest absolute Gasteiger partial charge is 0.449 e. The van der Waals surface area contributed by atoms with Gasteiger partial charge in [-0.05, 0) is 41.6 Å². The quantitative estimate of drug-likeness (QED) is 0.499. The highest BCUT2D eigenvalue weighted by Crippen LogP contribution is 2.22. The molecule has 98 valence electrons. The van der Waals surface area contributed by atoms with Crippen LogP contribution in [0.4, 0.5) is 0 Å². The third kappa shape index (κ3) is 3.79. The number of nitrogens with one attached hydrogen (secondary N) is 1. The number of hydrogen-bond acceptors (Lipinski definition) is 5. The van der Waals surface area contributed by atoms with E-state index in [1.807, 2.05) is 6.07 Å². The summed E-state index contributed by atoms with van der Waals surface area (Å²) in [6.07, 6.45) is 1.55. The van der Waals surface area contributed by atoms with Crippen LogP contribution in [-0.2, 0) is 14.3 Å². The monoisotopic (exact) mass is 364 g/mol. The fourth-order valence-electron chi connectivity index (χ4n) is 1.56. The van der Waals surface area contributed by atoms with E-state index in [1.165, 1.54) is 6.21 Å². The van der Waals surface area contributed by atoms with Crippen molar-refractivity contribution in [2.45, 2.75) is 19.1 Å². The first-order valence-electron chi connectivity index (χ1n) is 5.43. The Morgan fingerprint density at radius 1 is 1.56 bits per heavy atom. The number of carbonyl (C=O) groups is 1. The molecule has 1 aliphatic rings. The zero-order valence-corrected chi connectivity index (χ0v) is 12.0. The number of hydrazone groups is 1. The summed E-state index contributed by atoms with van der Waals surface area (Å²) < 4.78 is 16.7. The predicted octanol–water partition coefficient (Wildman–Crippen LogP) is 1.49. The molecule has 0 aromatic carbocycles. The van der Waals surface area contributed by atoms with Crippen molar-refractivity contribution < 1.29 is 18.7 Å². The molecule has 2 heterocycles. The first-order chi connectivity index (χ1) is 8.57. The van der Waals surface area contributed by atoms with Crippen LogP contribution in [-0.4, -0.2) is 31.1 Å². The van der Waals surface area contributed by atoms with Gasteiger partial charge in [-0.1, -0.05) is 0 Å². The lowest BCUT2D eigenvalue weighted by molar-refractivity contribution is -0.159. The van der Waals surface area contributed by atoms with Crippen LogP contribution < -0.4 is 5.43 Å². The molecular formula is C11H13IN2O4. The van der Waals surface area contributed by atoms with E-state index in [9.17, 15) is 4.79 Å². The zero-order valence-electron chi connectivity index (χ0n) is 9.81. The van der Waals surface area contributed by atoms with E-state index in [-0.39, 0.29) is 12.3 Å². The van der Waals surface area contributed by atoms with Gasteiger partial charge in [0, 0.05) is 0 Å². The van der Waals surface area contributed by atoms with E-state index in [1.54, 1.807) is 13.0 Å². The normalized spacial score (nSPS) is 18.3. The van der Waals surface area contributed by atoms with Crippen LogP contribution in [0.5, 0.6) is 0 Å². The van der Waals surface area contributed by atoms with Gasteiger partial charge in [-0.25, -0.2) is 5.43 Å². The van der Waals surface area contributed by atoms with Gasteiger partial charge in [-0.2, -0.15) is 5.10 Å². The highest BCUT2D eigenvalue weighted by atomic mass is 127. The molecule has 1 aromatic heterocycles. The van der Waals surface area contributed by atoms with Gasteiger partial charge in [0.1, 0.15) is 5.76 Å². The topological polar surface area (TPSA) is 73.1 Å². The molecule has 1 amide bonds. The van der Waals surface area contributed by atoms with Gasteiger partial charge in [0.15, 0.2) is 9.55 Å². The summed E-state index contributed by atoms with van der Waals surface area (Å²) in [6.45, 7) is 2.76. The van der Waals surface area contributed by atoms with Crippen molar-refractivity contribution in [1.29, 1.82) is 0 Å². The zero-order chi connectivity index (χ0) is 13.0. The van der Waals surface area contributed by atoms with E-state index >= 15 is 0 Å². The van der Waals surface area contributed by atoms with Crippen molar-refractivity contribution in [3.05, 3.63) is 21.7 Å². The minimum absolute atomic E-state index is 0.111. The molecule has 1 fully saturated rings. The summed E-state index contributed by atoms with van der Waals surface area (Å²) in [6, 6.07) is 3.58. The first kappa shape index (κ1) is 13.5. The lowest BCUT2D eigenvalue weighted by Gasteiger charge is -2.20. The number of hydrogen-bond donors (Lipinski definition) is 1. The standard InChI is InChI=1S/C11H13IN2O4/c1-11(16-4-5-17-11)6-10(15)14-13-7-8-2-3-9(12)18-8/h2-3,7H,4-6H2,1H3,(H,14,15)/b13-7-. The van der Waals surface area contributed by atoms with Crippen molar-refractivity contribution in [2.75, 3.05) is 13.2 Å². The van der Waals surface area contributed by atoms with Crippen molar-refractivity contribution in [3.8, 4) is 0 Å². The van der Waals surface area contributed by atoms with E-state index in [0.29, 0.717) is 19.0 Å². The van der Waals surface area contributed by atoms with Crippen LogP contribution in [0.2, 0.25) is 0 Å². The maximum Gasteiger partial charge on any atom is 0.245 e. The number of carbonyl (C=O) groups excluding carboxylic acids is 1. The Labute approximate surface area is 118 Å². The van der Waals surface area contributed by atoms with Crippen LogP contribution in [0.15, 0.2) is 21.7 Å². The minimum Gasteiger partial charge on any atom is -0.449 e. The summed E-state index contributed by atoms with van der Waals surface area (Å²) in [5, 5.41) is 3.80. The number of amides is 1. The van der Waals surface area contributed by atoms with Crippen molar-refractivity contribution in [1.82, 2.24) is 5.43 Å². The molecular weight excluding hydrogens is 351 g/mol. The Kier molecular flexibility index (Phi) is 4.36. The Bertz CT molecular complexity index is 452. The number of halogens is 1. The molecule has 0 saturated carbocycles. The van der Waals surface area contributed by atoms with Crippen molar-refractivity contribution in [3.63, 3.8) is 0 Å². The fourth-order valence-corrected chi connectivity index (χ4v) is 1.99.